The highest BCUT2D eigenvalue weighted by Gasteiger charge is 2.13. The molecule has 0 unspecified atom stereocenters. The molecule has 1 saturated heterocycles. The summed E-state index contributed by atoms with van der Waals surface area (Å²) in [4.78, 5) is 14.1. The number of hydrogen-bond donors (Lipinski definition) is 3. The van der Waals surface area contributed by atoms with E-state index in [-0.39, 0.29) is 24.0 Å². The molecule has 1 aromatic carbocycles. The largest absolute Gasteiger partial charge is 0.337 e. The van der Waals surface area contributed by atoms with Crippen LogP contribution in [-0.2, 0) is 10.0 Å². The summed E-state index contributed by atoms with van der Waals surface area (Å²) in [6.07, 6.45) is 2.44. The van der Waals surface area contributed by atoms with Gasteiger partial charge >= 0.3 is 6.03 Å². The Hall–Kier alpha value is -1.35. The summed E-state index contributed by atoms with van der Waals surface area (Å²) >= 11 is 5.73. The number of carbonyl (C=O) groups is 1. The van der Waals surface area contributed by atoms with Gasteiger partial charge in [0, 0.05) is 31.2 Å². The average molecular weight is 375 g/mol. The highest BCUT2D eigenvalue weighted by Crippen LogP contribution is 2.13. The van der Waals surface area contributed by atoms with Crippen LogP contribution in [0.25, 0.3) is 0 Å². The fraction of sp³-hybridized carbons (Fsp3) is 0.533. The van der Waals surface area contributed by atoms with Gasteiger partial charge in [0.1, 0.15) is 0 Å². The third-order valence-corrected chi connectivity index (χ3v) is 5.47. The topological polar surface area (TPSA) is 90.5 Å². The lowest BCUT2D eigenvalue weighted by Crippen LogP contribution is -2.42. The molecule has 0 radical (unpaired) electrons. The molecule has 3 N–H and O–H groups in total. The summed E-state index contributed by atoms with van der Waals surface area (Å²) in [5.41, 5.74) is 0. The van der Waals surface area contributed by atoms with Crippen LogP contribution in [0.2, 0.25) is 5.02 Å². The molecule has 0 aromatic heterocycles. The molecule has 24 heavy (non-hydrogen) atoms. The zero-order chi connectivity index (χ0) is 17.4. The number of sulfonamides is 1. The van der Waals surface area contributed by atoms with Crippen molar-refractivity contribution in [1.82, 2.24) is 20.3 Å². The zero-order valence-corrected chi connectivity index (χ0v) is 15.0. The molecule has 9 heteroatoms. The second-order valence-corrected chi connectivity index (χ2v) is 7.79. The lowest BCUT2D eigenvalue weighted by Gasteiger charge is -2.15. The van der Waals surface area contributed by atoms with Gasteiger partial charge < -0.3 is 15.5 Å². The fourth-order valence-corrected chi connectivity index (χ4v) is 3.61. The van der Waals surface area contributed by atoms with Crippen molar-refractivity contribution in [2.75, 3.05) is 39.3 Å². The summed E-state index contributed by atoms with van der Waals surface area (Å²) in [5.74, 6) is 0. The molecule has 1 aliphatic heterocycles. The number of nitrogens with zero attached hydrogens (tertiary/aromatic N) is 1. The molecule has 0 spiro atoms. The van der Waals surface area contributed by atoms with Crippen molar-refractivity contribution in [3.05, 3.63) is 29.3 Å². The standard InChI is InChI=1S/C15H23ClN4O3S/c16-13-3-5-14(6-4-13)24(22,23)19-8-7-17-15(21)18-9-12-20-10-1-2-11-20/h3-6,19H,1-2,7-12H2,(H2,17,18,21). The lowest BCUT2D eigenvalue weighted by atomic mass is 10.4. The highest BCUT2D eigenvalue weighted by molar-refractivity contribution is 7.89. The molecule has 0 bridgehead atoms. The van der Waals surface area contributed by atoms with Crippen LogP contribution in [0.3, 0.4) is 0 Å². The Morgan fingerprint density at radius 2 is 1.67 bits per heavy atom. The van der Waals surface area contributed by atoms with Gasteiger partial charge in [-0.1, -0.05) is 11.6 Å². The van der Waals surface area contributed by atoms with Crippen molar-refractivity contribution in [3.8, 4) is 0 Å². The molecular formula is C15H23ClN4O3S. The van der Waals surface area contributed by atoms with Crippen LogP contribution in [0.1, 0.15) is 12.8 Å². The van der Waals surface area contributed by atoms with E-state index in [2.05, 4.69) is 20.3 Å². The van der Waals surface area contributed by atoms with Gasteiger partial charge in [0.2, 0.25) is 10.0 Å². The average Bonchev–Trinajstić information content (AvgIpc) is 3.05. The Kier molecular flexibility index (Phi) is 7.29. The Morgan fingerprint density at radius 1 is 1.04 bits per heavy atom. The maximum atomic E-state index is 12.0. The number of halogens is 1. The highest BCUT2D eigenvalue weighted by atomic mass is 35.5. The van der Waals surface area contributed by atoms with Crippen molar-refractivity contribution < 1.29 is 13.2 Å². The maximum Gasteiger partial charge on any atom is 0.314 e. The number of nitrogens with one attached hydrogen (secondary N) is 3. The molecule has 2 amide bonds. The van der Waals surface area contributed by atoms with Crippen molar-refractivity contribution in [3.63, 3.8) is 0 Å². The second kappa shape index (κ2) is 9.22. The van der Waals surface area contributed by atoms with Crippen LogP contribution in [0.15, 0.2) is 29.2 Å². The first-order valence-electron chi connectivity index (χ1n) is 7.97. The minimum absolute atomic E-state index is 0.116. The van der Waals surface area contributed by atoms with Crippen molar-refractivity contribution in [1.29, 1.82) is 0 Å². The van der Waals surface area contributed by atoms with Crippen LogP contribution in [-0.4, -0.2) is 58.6 Å². The molecule has 0 atom stereocenters. The van der Waals surface area contributed by atoms with Crippen LogP contribution < -0.4 is 15.4 Å². The van der Waals surface area contributed by atoms with Gasteiger partial charge in [-0.05, 0) is 50.2 Å². The first-order valence-corrected chi connectivity index (χ1v) is 9.83. The number of rotatable bonds is 8. The van der Waals surface area contributed by atoms with Crippen molar-refractivity contribution in [2.45, 2.75) is 17.7 Å². The van der Waals surface area contributed by atoms with Gasteiger partial charge in [-0.3, -0.25) is 0 Å². The summed E-state index contributed by atoms with van der Waals surface area (Å²) in [6, 6.07) is 5.61. The number of amides is 2. The third-order valence-electron chi connectivity index (χ3n) is 3.74. The predicted octanol–water partition coefficient (Wildman–Crippen LogP) is 1.01. The normalized spacial score (nSPS) is 15.4. The minimum Gasteiger partial charge on any atom is -0.337 e. The van der Waals surface area contributed by atoms with Crippen molar-refractivity contribution >= 4 is 27.7 Å². The molecule has 0 saturated carbocycles. The smallest absolute Gasteiger partial charge is 0.314 e. The molecule has 1 heterocycles. The van der Waals surface area contributed by atoms with E-state index in [1.165, 1.54) is 37.1 Å². The Balaban J connectivity index is 1.61. The number of likely N-dealkylation sites (tertiary alicyclic amines) is 1. The van der Waals surface area contributed by atoms with E-state index in [4.69, 9.17) is 11.6 Å². The maximum absolute atomic E-state index is 12.0. The summed E-state index contributed by atoms with van der Waals surface area (Å²) < 4.78 is 26.5. The van der Waals surface area contributed by atoms with Gasteiger partial charge in [-0.15, -0.1) is 0 Å². The van der Waals surface area contributed by atoms with Gasteiger partial charge in [-0.25, -0.2) is 17.9 Å². The van der Waals surface area contributed by atoms with E-state index >= 15 is 0 Å². The number of benzene rings is 1. The molecule has 1 fully saturated rings. The molecule has 2 rings (SSSR count). The van der Waals surface area contributed by atoms with Crippen LogP contribution in [0, 0.1) is 0 Å². The van der Waals surface area contributed by atoms with Crippen molar-refractivity contribution in [2.24, 2.45) is 0 Å². The third kappa shape index (κ3) is 6.27. The molecular weight excluding hydrogens is 352 g/mol. The number of carbonyl (C=O) groups excluding carboxylic acids is 1. The summed E-state index contributed by atoms with van der Waals surface area (Å²) in [6.45, 7) is 3.94. The summed E-state index contributed by atoms with van der Waals surface area (Å²) in [7, 11) is -3.59. The second-order valence-electron chi connectivity index (χ2n) is 5.58. The van der Waals surface area contributed by atoms with E-state index < -0.39 is 10.0 Å². The Labute approximate surface area is 147 Å². The van der Waals surface area contributed by atoms with Crippen LogP contribution in [0.4, 0.5) is 4.79 Å². The van der Waals surface area contributed by atoms with Crippen LogP contribution in [0.5, 0.6) is 0 Å². The lowest BCUT2D eigenvalue weighted by molar-refractivity contribution is 0.238. The van der Waals surface area contributed by atoms with E-state index in [1.54, 1.807) is 0 Å². The first kappa shape index (κ1) is 19.0. The Morgan fingerprint density at radius 3 is 2.33 bits per heavy atom. The zero-order valence-electron chi connectivity index (χ0n) is 13.4. The molecule has 1 aromatic rings. The van der Waals surface area contributed by atoms with E-state index in [9.17, 15) is 13.2 Å². The van der Waals surface area contributed by atoms with Gasteiger partial charge in [0.05, 0.1) is 4.90 Å². The van der Waals surface area contributed by atoms with E-state index in [0.29, 0.717) is 11.6 Å². The molecule has 134 valence electrons. The number of urea groups is 1. The predicted molar refractivity (Wildman–Crippen MR) is 93.7 cm³/mol. The summed E-state index contributed by atoms with van der Waals surface area (Å²) in [5, 5.41) is 5.86. The molecule has 1 aliphatic rings. The van der Waals surface area contributed by atoms with Gasteiger partial charge in [-0.2, -0.15) is 0 Å². The SMILES string of the molecule is O=C(NCCNS(=O)(=O)c1ccc(Cl)cc1)NCCN1CCCC1. The number of hydrogen-bond acceptors (Lipinski definition) is 4. The van der Waals surface area contributed by atoms with Crippen LogP contribution >= 0.6 is 11.6 Å². The Bertz CT molecular complexity index is 631. The minimum atomic E-state index is -3.59. The molecule has 7 nitrogen and oxygen atoms in total. The van der Waals surface area contributed by atoms with Gasteiger partial charge in [0.25, 0.3) is 0 Å². The first-order chi connectivity index (χ1) is 11.5. The monoisotopic (exact) mass is 374 g/mol. The molecule has 0 aliphatic carbocycles. The van der Waals surface area contributed by atoms with Gasteiger partial charge in [0.15, 0.2) is 0 Å². The quantitative estimate of drug-likeness (QED) is 0.592. The van der Waals surface area contributed by atoms with E-state index in [1.807, 2.05) is 0 Å². The van der Waals surface area contributed by atoms with E-state index in [0.717, 1.165) is 19.6 Å². The fourth-order valence-electron chi connectivity index (χ4n) is 2.45.